The molecule has 3 heterocycles. The van der Waals surface area contributed by atoms with Gasteiger partial charge >= 0.3 is 0 Å². The predicted molar refractivity (Wildman–Crippen MR) is 112 cm³/mol. The number of nitrogens with zero attached hydrogens (tertiary/aromatic N) is 3. The summed E-state index contributed by atoms with van der Waals surface area (Å²) < 4.78 is 10.6. The summed E-state index contributed by atoms with van der Waals surface area (Å²) in [4.78, 5) is 43.3. The number of carbonyl (C=O) groups is 3. The van der Waals surface area contributed by atoms with Crippen molar-refractivity contribution in [3.05, 3.63) is 54.0 Å². The van der Waals surface area contributed by atoms with Gasteiger partial charge in [-0.05, 0) is 24.6 Å². The Morgan fingerprint density at radius 1 is 1.06 bits per heavy atom. The second kappa shape index (κ2) is 9.24. The maximum absolute atomic E-state index is 13.1. The van der Waals surface area contributed by atoms with Gasteiger partial charge in [-0.1, -0.05) is 18.2 Å². The van der Waals surface area contributed by atoms with E-state index in [2.05, 4.69) is 0 Å². The molecule has 2 saturated heterocycles. The third-order valence-corrected chi connectivity index (χ3v) is 6.01. The maximum atomic E-state index is 13.1. The molecule has 2 aliphatic rings. The molecule has 0 aliphatic carbocycles. The standard InChI is InChI=1S/C23H27N3O5/c1-30-19-6-3-2-5-17(19)15-26-16-18(8-9-21(26)27)22(28)24-10-12-25(13-11-24)23(29)20-7-4-14-31-20/h2-7,14,18H,8-13,15-16H2,1H3/t18-/m1/s1. The van der Waals surface area contributed by atoms with Crippen molar-refractivity contribution in [2.75, 3.05) is 39.8 Å². The number of furan rings is 1. The predicted octanol–water partition coefficient (Wildman–Crippen LogP) is 2.01. The lowest BCUT2D eigenvalue weighted by atomic mass is 9.95. The molecule has 31 heavy (non-hydrogen) atoms. The first-order valence-electron chi connectivity index (χ1n) is 10.6. The van der Waals surface area contributed by atoms with Gasteiger partial charge in [-0.25, -0.2) is 0 Å². The highest BCUT2D eigenvalue weighted by molar-refractivity contribution is 5.91. The summed E-state index contributed by atoms with van der Waals surface area (Å²) in [7, 11) is 1.61. The van der Waals surface area contributed by atoms with Crippen LogP contribution in [0.25, 0.3) is 0 Å². The highest BCUT2D eigenvalue weighted by Crippen LogP contribution is 2.25. The fourth-order valence-electron chi connectivity index (χ4n) is 4.25. The van der Waals surface area contributed by atoms with Gasteiger partial charge in [0.25, 0.3) is 5.91 Å². The molecule has 0 unspecified atom stereocenters. The smallest absolute Gasteiger partial charge is 0.289 e. The van der Waals surface area contributed by atoms with Gasteiger partial charge in [-0.15, -0.1) is 0 Å². The number of piperidine rings is 1. The van der Waals surface area contributed by atoms with E-state index < -0.39 is 0 Å². The van der Waals surface area contributed by atoms with Crippen molar-refractivity contribution >= 4 is 17.7 Å². The summed E-state index contributed by atoms with van der Waals surface area (Å²) in [6.45, 7) is 2.76. The molecular weight excluding hydrogens is 398 g/mol. The van der Waals surface area contributed by atoms with Crippen molar-refractivity contribution in [2.45, 2.75) is 19.4 Å². The van der Waals surface area contributed by atoms with E-state index in [1.54, 1.807) is 29.0 Å². The Labute approximate surface area is 181 Å². The van der Waals surface area contributed by atoms with E-state index in [9.17, 15) is 14.4 Å². The summed E-state index contributed by atoms with van der Waals surface area (Å²) in [5.74, 6) is 0.799. The first kappa shape index (κ1) is 21.0. The van der Waals surface area contributed by atoms with Crippen LogP contribution in [0.5, 0.6) is 5.75 Å². The second-order valence-corrected chi connectivity index (χ2v) is 7.92. The summed E-state index contributed by atoms with van der Waals surface area (Å²) in [6, 6.07) is 11.0. The molecule has 1 aromatic carbocycles. The molecule has 0 spiro atoms. The van der Waals surface area contributed by atoms with Gasteiger partial charge in [0.2, 0.25) is 11.8 Å². The van der Waals surface area contributed by atoms with Gasteiger partial charge in [0, 0.05) is 51.3 Å². The molecule has 8 nitrogen and oxygen atoms in total. The molecule has 0 radical (unpaired) electrons. The number of ether oxygens (including phenoxy) is 1. The van der Waals surface area contributed by atoms with E-state index in [-0.39, 0.29) is 23.6 Å². The number of amides is 3. The Hall–Kier alpha value is -3.29. The Morgan fingerprint density at radius 2 is 1.81 bits per heavy atom. The molecular formula is C23H27N3O5. The number of piperazine rings is 1. The lowest BCUT2D eigenvalue weighted by molar-refractivity contribution is -0.144. The Morgan fingerprint density at radius 3 is 2.52 bits per heavy atom. The average molecular weight is 425 g/mol. The number of para-hydroxylation sites is 1. The zero-order chi connectivity index (χ0) is 21.8. The van der Waals surface area contributed by atoms with Crippen LogP contribution in [0.3, 0.4) is 0 Å². The van der Waals surface area contributed by atoms with Crippen LogP contribution >= 0.6 is 0 Å². The van der Waals surface area contributed by atoms with Crippen LogP contribution in [-0.2, 0) is 16.1 Å². The van der Waals surface area contributed by atoms with Gasteiger partial charge in [-0.3, -0.25) is 14.4 Å². The fourth-order valence-corrected chi connectivity index (χ4v) is 4.25. The zero-order valence-corrected chi connectivity index (χ0v) is 17.7. The van der Waals surface area contributed by atoms with E-state index in [1.807, 2.05) is 29.2 Å². The molecule has 164 valence electrons. The largest absolute Gasteiger partial charge is 0.496 e. The van der Waals surface area contributed by atoms with Crippen molar-refractivity contribution in [1.82, 2.24) is 14.7 Å². The van der Waals surface area contributed by atoms with Crippen LogP contribution in [0.1, 0.15) is 29.0 Å². The Kier molecular flexibility index (Phi) is 6.25. The third kappa shape index (κ3) is 4.57. The summed E-state index contributed by atoms with van der Waals surface area (Å²) >= 11 is 0. The average Bonchev–Trinajstić information content (AvgIpc) is 3.35. The molecule has 2 aromatic rings. The van der Waals surface area contributed by atoms with Crippen LogP contribution in [0, 0.1) is 5.92 Å². The van der Waals surface area contributed by atoms with E-state index >= 15 is 0 Å². The highest BCUT2D eigenvalue weighted by Gasteiger charge is 2.35. The van der Waals surface area contributed by atoms with Crippen LogP contribution in [0.4, 0.5) is 0 Å². The highest BCUT2D eigenvalue weighted by atomic mass is 16.5. The fraction of sp³-hybridized carbons (Fsp3) is 0.435. The third-order valence-electron chi connectivity index (χ3n) is 6.01. The minimum absolute atomic E-state index is 0.0580. The van der Waals surface area contributed by atoms with Crippen molar-refractivity contribution in [3.63, 3.8) is 0 Å². The number of carbonyl (C=O) groups excluding carboxylic acids is 3. The Bertz CT molecular complexity index is 934. The van der Waals surface area contributed by atoms with E-state index in [4.69, 9.17) is 9.15 Å². The number of likely N-dealkylation sites (tertiary alicyclic amines) is 1. The topological polar surface area (TPSA) is 83.3 Å². The molecule has 0 saturated carbocycles. The maximum Gasteiger partial charge on any atom is 0.289 e. The van der Waals surface area contributed by atoms with Gasteiger partial charge < -0.3 is 23.9 Å². The van der Waals surface area contributed by atoms with Crippen LogP contribution < -0.4 is 4.74 Å². The van der Waals surface area contributed by atoms with Crippen LogP contribution in [0.2, 0.25) is 0 Å². The lowest BCUT2D eigenvalue weighted by Gasteiger charge is -2.38. The summed E-state index contributed by atoms with van der Waals surface area (Å²) in [5, 5.41) is 0. The normalized spacial score (nSPS) is 19.5. The number of methoxy groups -OCH3 is 1. The van der Waals surface area contributed by atoms with Crippen molar-refractivity contribution in [3.8, 4) is 5.75 Å². The molecule has 2 fully saturated rings. The van der Waals surface area contributed by atoms with Gasteiger partial charge in [-0.2, -0.15) is 0 Å². The molecule has 4 rings (SSSR count). The van der Waals surface area contributed by atoms with Crippen LogP contribution in [-0.4, -0.2) is 72.3 Å². The van der Waals surface area contributed by atoms with Gasteiger partial charge in [0.15, 0.2) is 5.76 Å². The molecule has 1 aromatic heterocycles. The van der Waals surface area contributed by atoms with Crippen molar-refractivity contribution < 1.29 is 23.5 Å². The molecule has 2 aliphatic heterocycles. The number of hydrogen-bond donors (Lipinski definition) is 0. The lowest BCUT2D eigenvalue weighted by Crippen LogP contribution is -2.54. The number of rotatable bonds is 5. The molecule has 8 heteroatoms. The first-order chi connectivity index (χ1) is 15.1. The van der Waals surface area contributed by atoms with Crippen molar-refractivity contribution in [2.24, 2.45) is 5.92 Å². The van der Waals surface area contributed by atoms with Gasteiger partial charge in [0.1, 0.15) is 5.75 Å². The molecule has 0 bridgehead atoms. The molecule has 3 amide bonds. The monoisotopic (exact) mass is 425 g/mol. The quantitative estimate of drug-likeness (QED) is 0.732. The minimum atomic E-state index is -0.222. The SMILES string of the molecule is COc1ccccc1CN1C[C@H](C(=O)N2CCN(C(=O)c3ccco3)CC2)CCC1=O. The van der Waals surface area contributed by atoms with E-state index in [0.717, 1.165) is 11.3 Å². The van der Waals surface area contributed by atoms with Crippen molar-refractivity contribution in [1.29, 1.82) is 0 Å². The second-order valence-electron chi connectivity index (χ2n) is 7.92. The van der Waals surface area contributed by atoms with E-state index in [1.165, 1.54) is 6.26 Å². The van der Waals surface area contributed by atoms with E-state index in [0.29, 0.717) is 57.9 Å². The number of hydrogen-bond acceptors (Lipinski definition) is 5. The summed E-state index contributed by atoms with van der Waals surface area (Å²) in [6.07, 6.45) is 2.41. The Balaban J connectivity index is 1.34. The summed E-state index contributed by atoms with van der Waals surface area (Å²) in [5.41, 5.74) is 0.927. The van der Waals surface area contributed by atoms with Crippen LogP contribution in [0.15, 0.2) is 47.1 Å². The minimum Gasteiger partial charge on any atom is -0.496 e. The molecule has 1 atom stereocenters. The molecule has 0 N–H and O–H groups in total. The first-order valence-corrected chi connectivity index (χ1v) is 10.6. The number of benzene rings is 1. The van der Waals surface area contributed by atoms with Gasteiger partial charge in [0.05, 0.1) is 19.3 Å². The zero-order valence-electron chi connectivity index (χ0n) is 17.7.